The van der Waals surface area contributed by atoms with E-state index in [2.05, 4.69) is 0 Å². The number of hydrogen-bond donors (Lipinski definition) is 1. The molecule has 21 heavy (non-hydrogen) atoms. The van der Waals surface area contributed by atoms with Crippen LogP contribution >= 0.6 is 0 Å². The van der Waals surface area contributed by atoms with E-state index < -0.39 is 15.4 Å². The molecule has 1 aliphatic rings. The highest BCUT2D eigenvalue weighted by Gasteiger charge is 2.43. The van der Waals surface area contributed by atoms with Gasteiger partial charge in [-0.2, -0.15) is 0 Å². The van der Waals surface area contributed by atoms with Crippen LogP contribution in [-0.4, -0.2) is 48.8 Å². The molecule has 1 amide bonds. The Balaban J connectivity index is 2.23. The zero-order valence-electron chi connectivity index (χ0n) is 12.4. The number of sulfone groups is 1. The van der Waals surface area contributed by atoms with Gasteiger partial charge in [-0.15, -0.1) is 0 Å². The summed E-state index contributed by atoms with van der Waals surface area (Å²) < 4.78 is 24.1. The molecule has 0 atom stereocenters. The Hall–Kier alpha value is -1.40. The molecule has 1 saturated heterocycles. The fourth-order valence-electron chi connectivity index (χ4n) is 2.67. The minimum atomic E-state index is -3.44. The number of β-amino-alcohol motifs (C(OH)–C–C–N with tert-alkyl or cyclic N) is 1. The van der Waals surface area contributed by atoms with E-state index in [1.165, 1.54) is 17.0 Å². The fourth-order valence-corrected chi connectivity index (χ4v) is 3.76. The highest BCUT2D eigenvalue weighted by molar-refractivity contribution is 7.91. The van der Waals surface area contributed by atoms with E-state index in [-0.39, 0.29) is 35.2 Å². The standard InChI is InChI=1S/C15H21NO4S/c1-3-9-15(18)10-16(11-15)14(17)12-7-5-6-8-13(12)21(19,20)4-2/h5-8,18H,3-4,9-11H2,1-2H3. The molecule has 0 aliphatic carbocycles. The zero-order chi connectivity index (χ0) is 15.7. The lowest BCUT2D eigenvalue weighted by molar-refractivity contribution is -0.0861. The Bertz CT molecular complexity index is 633. The maximum absolute atomic E-state index is 12.5. The van der Waals surface area contributed by atoms with Gasteiger partial charge in [-0.3, -0.25) is 4.79 Å². The molecule has 6 heteroatoms. The molecule has 0 radical (unpaired) electrons. The summed E-state index contributed by atoms with van der Waals surface area (Å²) in [6.07, 6.45) is 1.49. The highest BCUT2D eigenvalue weighted by atomic mass is 32.2. The molecule has 0 unspecified atom stereocenters. The maximum Gasteiger partial charge on any atom is 0.255 e. The molecular weight excluding hydrogens is 290 g/mol. The maximum atomic E-state index is 12.5. The Kier molecular flexibility index (Phi) is 4.39. The Morgan fingerprint density at radius 1 is 1.29 bits per heavy atom. The van der Waals surface area contributed by atoms with Crippen molar-refractivity contribution in [1.29, 1.82) is 0 Å². The monoisotopic (exact) mass is 311 g/mol. The molecule has 1 aliphatic heterocycles. The SMILES string of the molecule is CCCC1(O)CN(C(=O)c2ccccc2S(=O)(=O)CC)C1. The summed E-state index contributed by atoms with van der Waals surface area (Å²) >= 11 is 0. The summed E-state index contributed by atoms with van der Waals surface area (Å²) in [6, 6.07) is 6.26. The number of amides is 1. The second-order valence-electron chi connectivity index (χ2n) is 5.54. The smallest absolute Gasteiger partial charge is 0.255 e. The van der Waals surface area contributed by atoms with Crippen LogP contribution < -0.4 is 0 Å². The van der Waals surface area contributed by atoms with Crippen LogP contribution in [-0.2, 0) is 9.84 Å². The molecule has 0 bridgehead atoms. The lowest BCUT2D eigenvalue weighted by Gasteiger charge is -2.46. The average Bonchev–Trinajstić information content (AvgIpc) is 2.44. The van der Waals surface area contributed by atoms with Crippen molar-refractivity contribution in [3.05, 3.63) is 29.8 Å². The van der Waals surface area contributed by atoms with E-state index in [4.69, 9.17) is 0 Å². The summed E-state index contributed by atoms with van der Waals surface area (Å²) in [7, 11) is -3.44. The summed E-state index contributed by atoms with van der Waals surface area (Å²) in [5.74, 6) is -0.375. The van der Waals surface area contributed by atoms with E-state index in [0.29, 0.717) is 6.42 Å². The summed E-state index contributed by atoms with van der Waals surface area (Å²) in [4.78, 5) is 14.0. The van der Waals surface area contributed by atoms with Crippen molar-refractivity contribution in [2.24, 2.45) is 0 Å². The fraction of sp³-hybridized carbons (Fsp3) is 0.533. The van der Waals surface area contributed by atoms with Gasteiger partial charge in [-0.05, 0) is 18.6 Å². The van der Waals surface area contributed by atoms with Crippen molar-refractivity contribution < 1.29 is 18.3 Å². The lowest BCUT2D eigenvalue weighted by atomic mass is 9.89. The molecular formula is C15H21NO4S. The van der Waals surface area contributed by atoms with Gasteiger partial charge in [0.1, 0.15) is 0 Å². The molecule has 1 aromatic carbocycles. The van der Waals surface area contributed by atoms with E-state index in [0.717, 1.165) is 6.42 Å². The van der Waals surface area contributed by atoms with E-state index in [1.807, 2.05) is 6.92 Å². The first kappa shape index (κ1) is 16.0. The number of nitrogens with zero attached hydrogens (tertiary/aromatic N) is 1. The molecule has 0 saturated carbocycles. The van der Waals surface area contributed by atoms with Gasteiger partial charge < -0.3 is 10.0 Å². The van der Waals surface area contributed by atoms with Gasteiger partial charge in [0.25, 0.3) is 5.91 Å². The molecule has 116 valence electrons. The van der Waals surface area contributed by atoms with Crippen LogP contribution in [0.2, 0.25) is 0 Å². The molecule has 2 rings (SSSR count). The van der Waals surface area contributed by atoms with Gasteiger partial charge in [-0.25, -0.2) is 8.42 Å². The Morgan fingerprint density at radius 2 is 1.90 bits per heavy atom. The molecule has 1 heterocycles. The van der Waals surface area contributed by atoms with Gasteiger partial charge in [0.2, 0.25) is 0 Å². The topological polar surface area (TPSA) is 74.7 Å². The first-order valence-electron chi connectivity index (χ1n) is 7.16. The number of carbonyl (C=O) groups excluding carboxylic acids is 1. The average molecular weight is 311 g/mol. The molecule has 5 nitrogen and oxygen atoms in total. The minimum absolute atomic E-state index is 0.0446. The van der Waals surface area contributed by atoms with Gasteiger partial charge >= 0.3 is 0 Å². The quantitative estimate of drug-likeness (QED) is 0.893. The van der Waals surface area contributed by atoms with Crippen LogP contribution in [0.15, 0.2) is 29.2 Å². The summed E-state index contributed by atoms with van der Waals surface area (Å²) in [5.41, 5.74) is -0.624. The third-order valence-electron chi connectivity index (χ3n) is 3.81. The van der Waals surface area contributed by atoms with Gasteiger partial charge in [0.05, 0.1) is 34.9 Å². The van der Waals surface area contributed by atoms with Crippen LogP contribution in [0, 0.1) is 0 Å². The number of carbonyl (C=O) groups is 1. The summed E-state index contributed by atoms with van der Waals surface area (Å²) in [5, 5.41) is 10.1. The van der Waals surface area contributed by atoms with Gasteiger partial charge in [0, 0.05) is 0 Å². The van der Waals surface area contributed by atoms with Crippen molar-refractivity contribution in [1.82, 2.24) is 4.90 Å². The lowest BCUT2D eigenvalue weighted by Crippen LogP contribution is -2.63. The normalized spacial score (nSPS) is 17.4. The number of benzene rings is 1. The van der Waals surface area contributed by atoms with E-state index >= 15 is 0 Å². The van der Waals surface area contributed by atoms with Crippen LogP contribution in [0.4, 0.5) is 0 Å². The molecule has 1 aromatic rings. The Labute approximate surface area is 125 Å². The predicted octanol–water partition coefficient (Wildman–Crippen LogP) is 1.47. The van der Waals surface area contributed by atoms with Crippen LogP contribution in [0.3, 0.4) is 0 Å². The van der Waals surface area contributed by atoms with Gasteiger partial charge in [-0.1, -0.05) is 32.4 Å². The first-order chi connectivity index (χ1) is 9.83. The third-order valence-corrected chi connectivity index (χ3v) is 5.59. The van der Waals surface area contributed by atoms with E-state index in [1.54, 1.807) is 19.1 Å². The largest absolute Gasteiger partial charge is 0.386 e. The molecule has 1 fully saturated rings. The number of rotatable bonds is 5. The van der Waals surface area contributed by atoms with Crippen LogP contribution in [0.1, 0.15) is 37.0 Å². The Morgan fingerprint density at radius 3 is 2.48 bits per heavy atom. The predicted molar refractivity (Wildman–Crippen MR) is 79.9 cm³/mol. The molecule has 0 spiro atoms. The molecule has 0 aromatic heterocycles. The summed E-state index contributed by atoms with van der Waals surface area (Å²) in [6.45, 7) is 4.06. The van der Waals surface area contributed by atoms with Crippen molar-refractivity contribution in [3.63, 3.8) is 0 Å². The van der Waals surface area contributed by atoms with Gasteiger partial charge in [0.15, 0.2) is 9.84 Å². The first-order valence-corrected chi connectivity index (χ1v) is 8.81. The van der Waals surface area contributed by atoms with Crippen molar-refractivity contribution in [2.75, 3.05) is 18.8 Å². The number of likely N-dealkylation sites (tertiary alicyclic amines) is 1. The zero-order valence-corrected chi connectivity index (χ0v) is 13.2. The van der Waals surface area contributed by atoms with Crippen molar-refractivity contribution in [2.45, 2.75) is 37.2 Å². The number of aliphatic hydroxyl groups is 1. The van der Waals surface area contributed by atoms with Crippen molar-refractivity contribution >= 4 is 15.7 Å². The second kappa shape index (κ2) is 5.77. The minimum Gasteiger partial charge on any atom is -0.386 e. The van der Waals surface area contributed by atoms with Crippen molar-refractivity contribution in [3.8, 4) is 0 Å². The van der Waals surface area contributed by atoms with Crippen LogP contribution in [0.25, 0.3) is 0 Å². The van der Waals surface area contributed by atoms with E-state index in [9.17, 15) is 18.3 Å². The third kappa shape index (κ3) is 3.11. The second-order valence-corrected chi connectivity index (χ2v) is 7.78. The highest BCUT2D eigenvalue weighted by Crippen LogP contribution is 2.29. The van der Waals surface area contributed by atoms with Crippen LogP contribution in [0.5, 0.6) is 0 Å². The number of hydrogen-bond acceptors (Lipinski definition) is 4. The molecule has 1 N–H and O–H groups in total.